The Morgan fingerprint density at radius 3 is 2.83 bits per heavy atom. The SMILES string of the molecule is CN(CCCCCc1cc(-c2cccc(F)c2)no1)C(=O)NCc1ccnc(N2CCOCC2)c1. The minimum atomic E-state index is -0.293. The molecule has 9 heteroatoms. The van der Waals surface area contributed by atoms with Gasteiger partial charge in [-0.15, -0.1) is 0 Å². The molecule has 0 radical (unpaired) electrons. The number of benzene rings is 1. The highest BCUT2D eigenvalue weighted by Crippen LogP contribution is 2.21. The Hall–Kier alpha value is -3.46. The van der Waals surface area contributed by atoms with Gasteiger partial charge in [-0.2, -0.15) is 0 Å². The van der Waals surface area contributed by atoms with E-state index in [0.717, 1.165) is 55.9 Å². The number of hydrogen-bond donors (Lipinski definition) is 1. The van der Waals surface area contributed by atoms with Crippen LogP contribution in [0.1, 0.15) is 30.6 Å². The number of halogens is 1. The molecule has 0 atom stereocenters. The van der Waals surface area contributed by atoms with E-state index in [1.807, 2.05) is 31.3 Å². The molecule has 35 heavy (non-hydrogen) atoms. The third-order valence-electron chi connectivity index (χ3n) is 6.03. The first kappa shape index (κ1) is 24.7. The Morgan fingerprint density at radius 1 is 1.14 bits per heavy atom. The highest BCUT2D eigenvalue weighted by molar-refractivity contribution is 5.73. The molecule has 1 aliphatic rings. The minimum absolute atomic E-state index is 0.0929. The largest absolute Gasteiger partial charge is 0.378 e. The average Bonchev–Trinajstić information content (AvgIpc) is 3.37. The van der Waals surface area contributed by atoms with Crippen molar-refractivity contribution in [1.29, 1.82) is 0 Å². The summed E-state index contributed by atoms with van der Waals surface area (Å²) in [6.45, 7) is 4.21. The summed E-state index contributed by atoms with van der Waals surface area (Å²) in [5.41, 5.74) is 2.37. The molecule has 3 aromatic rings. The second-order valence-corrected chi connectivity index (χ2v) is 8.70. The van der Waals surface area contributed by atoms with E-state index in [1.54, 1.807) is 17.2 Å². The first-order chi connectivity index (χ1) is 17.1. The van der Waals surface area contributed by atoms with Crippen LogP contribution in [0.25, 0.3) is 11.3 Å². The van der Waals surface area contributed by atoms with Gasteiger partial charge >= 0.3 is 6.03 Å². The van der Waals surface area contributed by atoms with Gasteiger partial charge in [0.15, 0.2) is 0 Å². The summed E-state index contributed by atoms with van der Waals surface area (Å²) in [4.78, 5) is 20.8. The summed E-state index contributed by atoms with van der Waals surface area (Å²) in [5, 5.41) is 7.02. The van der Waals surface area contributed by atoms with Crippen LogP contribution in [0.15, 0.2) is 53.2 Å². The van der Waals surface area contributed by atoms with Crippen molar-refractivity contribution in [2.45, 2.75) is 32.2 Å². The van der Waals surface area contributed by atoms with E-state index in [-0.39, 0.29) is 11.8 Å². The molecule has 0 bridgehead atoms. The van der Waals surface area contributed by atoms with Gasteiger partial charge < -0.3 is 24.4 Å². The fourth-order valence-corrected chi connectivity index (χ4v) is 3.99. The molecule has 1 fully saturated rings. The Bertz CT molecular complexity index is 1100. The number of carbonyl (C=O) groups excluding carboxylic acids is 1. The lowest BCUT2D eigenvalue weighted by Crippen LogP contribution is -2.38. The predicted molar refractivity (Wildman–Crippen MR) is 132 cm³/mol. The summed E-state index contributed by atoms with van der Waals surface area (Å²) in [5.74, 6) is 1.41. The van der Waals surface area contributed by atoms with Crippen LogP contribution in [0, 0.1) is 5.82 Å². The molecule has 8 nitrogen and oxygen atoms in total. The maximum atomic E-state index is 13.4. The number of nitrogens with one attached hydrogen (secondary N) is 1. The molecule has 1 saturated heterocycles. The number of urea groups is 1. The van der Waals surface area contributed by atoms with E-state index in [0.29, 0.717) is 37.6 Å². The molecule has 2 aromatic heterocycles. The number of pyridine rings is 1. The Balaban J connectivity index is 1.13. The molecule has 1 aliphatic heterocycles. The molecule has 1 N–H and O–H groups in total. The van der Waals surface area contributed by atoms with Gasteiger partial charge in [0, 0.05) is 57.5 Å². The highest BCUT2D eigenvalue weighted by atomic mass is 19.1. The standard InChI is InChI=1S/C26H32FN5O3/c1-31(26(33)29-19-20-9-10-28-25(16-20)32-12-14-34-15-13-32)11-4-2-3-8-23-18-24(30-35-23)21-6-5-7-22(27)17-21/h5-7,9-10,16-18H,2-4,8,11-15,19H2,1H3,(H,29,33). The molecular weight excluding hydrogens is 449 g/mol. The summed E-state index contributed by atoms with van der Waals surface area (Å²) in [6.07, 6.45) is 5.32. The minimum Gasteiger partial charge on any atom is -0.378 e. The predicted octanol–water partition coefficient (Wildman–Crippen LogP) is 4.27. The van der Waals surface area contributed by atoms with Crippen LogP contribution in [0.5, 0.6) is 0 Å². The van der Waals surface area contributed by atoms with Crippen LogP contribution >= 0.6 is 0 Å². The number of aromatic nitrogens is 2. The van der Waals surface area contributed by atoms with Gasteiger partial charge in [0.25, 0.3) is 0 Å². The number of nitrogens with zero attached hydrogens (tertiary/aromatic N) is 4. The van der Waals surface area contributed by atoms with E-state index >= 15 is 0 Å². The molecule has 0 aliphatic carbocycles. The molecule has 0 spiro atoms. The number of unbranched alkanes of at least 4 members (excludes halogenated alkanes) is 2. The number of aryl methyl sites for hydroxylation is 1. The number of anilines is 1. The summed E-state index contributed by atoms with van der Waals surface area (Å²) >= 11 is 0. The van der Waals surface area contributed by atoms with E-state index < -0.39 is 0 Å². The Morgan fingerprint density at radius 2 is 2.00 bits per heavy atom. The maximum absolute atomic E-state index is 13.4. The van der Waals surface area contributed by atoms with Crippen molar-refractivity contribution in [3.05, 3.63) is 65.8 Å². The molecular formula is C26H32FN5O3. The maximum Gasteiger partial charge on any atom is 0.317 e. The molecule has 4 rings (SSSR count). The van der Waals surface area contributed by atoms with Crippen molar-refractivity contribution in [3.8, 4) is 11.3 Å². The zero-order valence-corrected chi connectivity index (χ0v) is 20.1. The highest BCUT2D eigenvalue weighted by Gasteiger charge is 2.13. The van der Waals surface area contributed by atoms with E-state index in [9.17, 15) is 9.18 Å². The third-order valence-corrected chi connectivity index (χ3v) is 6.03. The van der Waals surface area contributed by atoms with Crippen molar-refractivity contribution >= 4 is 11.8 Å². The van der Waals surface area contributed by atoms with Gasteiger partial charge in [-0.1, -0.05) is 23.7 Å². The number of hydrogen-bond acceptors (Lipinski definition) is 6. The topological polar surface area (TPSA) is 83.7 Å². The zero-order chi connectivity index (χ0) is 24.5. The normalized spacial score (nSPS) is 13.6. The van der Waals surface area contributed by atoms with Gasteiger partial charge in [0.05, 0.1) is 13.2 Å². The molecule has 0 saturated carbocycles. The summed E-state index contributed by atoms with van der Waals surface area (Å²) in [7, 11) is 1.81. The molecule has 0 unspecified atom stereocenters. The van der Waals surface area contributed by atoms with Crippen LogP contribution in [-0.4, -0.2) is 61.0 Å². The summed E-state index contributed by atoms with van der Waals surface area (Å²) < 4.78 is 24.2. The van der Waals surface area contributed by atoms with Crippen LogP contribution in [0.2, 0.25) is 0 Å². The van der Waals surface area contributed by atoms with Gasteiger partial charge in [-0.05, 0) is 42.7 Å². The number of carbonyl (C=O) groups is 1. The molecule has 186 valence electrons. The smallest absolute Gasteiger partial charge is 0.317 e. The van der Waals surface area contributed by atoms with E-state index in [1.165, 1.54) is 12.1 Å². The number of amides is 2. The fourth-order valence-electron chi connectivity index (χ4n) is 3.99. The van der Waals surface area contributed by atoms with Crippen molar-refractivity contribution in [3.63, 3.8) is 0 Å². The third kappa shape index (κ3) is 7.26. The number of morpholine rings is 1. The van der Waals surface area contributed by atoms with Gasteiger partial charge in [-0.25, -0.2) is 14.2 Å². The lowest BCUT2D eigenvalue weighted by Gasteiger charge is -2.28. The van der Waals surface area contributed by atoms with Gasteiger partial charge in [0.1, 0.15) is 23.1 Å². The number of rotatable bonds is 10. The van der Waals surface area contributed by atoms with Crippen LogP contribution < -0.4 is 10.2 Å². The zero-order valence-electron chi connectivity index (χ0n) is 20.1. The van der Waals surface area contributed by atoms with Crippen molar-refractivity contribution < 1.29 is 18.4 Å². The van der Waals surface area contributed by atoms with Gasteiger partial charge in [0.2, 0.25) is 0 Å². The summed E-state index contributed by atoms with van der Waals surface area (Å²) in [6, 6.07) is 12.0. The lowest BCUT2D eigenvalue weighted by atomic mass is 10.1. The number of ether oxygens (including phenoxy) is 1. The monoisotopic (exact) mass is 481 g/mol. The van der Waals surface area contributed by atoms with Crippen molar-refractivity contribution in [2.75, 3.05) is 44.8 Å². The fraction of sp³-hybridized carbons (Fsp3) is 0.423. The molecule has 1 aromatic carbocycles. The first-order valence-corrected chi connectivity index (χ1v) is 12.1. The second kappa shape index (κ2) is 12.3. The Kier molecular flexibility index (Phi) is 8.67. The molecule has 3 heterocycles. The second-order valence-electron chi connectivity index (χ2n) is 8.70. The molecule has 2 amide bonds. The van der Waals surface area contributed by atoms with Crippen molar-refractivity contribution in [2.24, 2.45) is 0 Å². The van der Waals surface area contributed by atoms with E-state index in [4.69, 9.17) is 9.26 Å². The quantitative estimate of drug-likeness (QED) is 0.436. The lowest BCUT2D eigenvalue weighted by molar-refractivity contribution is 0.122. The Labute approximate surface area is 205 Å². The van der Waals surface area contributed by atoms with Crippen molar-refractivity contribution in [1.82, 2.24) is 20.4 Å². The average molecular weight is 482 g/mol. The van der Waals surface area contributed by atoms with E-state index in [2.05, 4.69) is 20.4 Å². The van der Waals surface area contributed by atoms with Crippen LogP contribution in [0.3, 0.4) is 0 Å². The first-order valence-electron chi connectivity index (χ1n) is 12.1. The van der Waals surface area contributed by atoms with Crippen LogP contribution in [-0.2, 0) is 17.7 Å². The van der Waals surface area contributed by atoms with Crippen LogP contribution in [0.4, 0.5) is 15.0 Å². The van der Waals surface area contributed by atoms with Gasteiger partial charge in [-0.3, -0.25) is 0 Å².